The molecule has 4 aromatic heterocycles. The van der Waals surface area contributed by atoms with Gasteiger partial charge in [0.15, 0.2) is 0 Å². The number of fused-ring (bicyclic) bond motifs is 2. The van der Waals surface area contributed by atoms with Crippen LogP contribution in [0.5, 0.6) is 0 Å². The summed E-state index contributed by atoms with van der Waals surface area (Å²) >= 11 is 8.15. The quantitative estimate of drug-likeness (QED) is 0.0214. The van der Waals surface area contributed by atoms with Crippen LogP contribution in [-0.4, -0.2) is 0 Å². The Hall–Kier alpha value is -4.32. The molecule has 4 heteroatoms. The number of aryl methyl sites for hydroxylation is 2. The van der Waals surface area contributed by atoms with E-state index in [9.17, 15) is 0 Å². The largest absolute Gasteiger partial charge is 0.134 e. The van der Waals surface area contributed by atoms with E-state index < -0.39 is 0 Å². The molecule has 0 aliphatic rings. The summed E-state index contributed by atoms with van der Waals surface area (Å²) < 4.78 is 2.83. The Morgan fingerprint density at radius 2 is 0.689 bits per heavy atom. The molecule has 0 aliphatic heterocycles. The van der Waals surface area contributed by atoms with Gasteiger partial charge in [0, 0.05) is 50.5 Å². The number of hydrogen-bond donors (Lipinski definition) is 0. The number of thiophene rings is 4. The molecule has 0 nitrogen and oxygen atoms in total. The first-order valence-electron chi connectivity index (χ1n) is 29.4. The first-order chi connectivity index (χ1) is 36.6. The summed E-state index contributed by atoms with van der Waals surface area (Å²) in [6.45, 7) is 12.6. The predicted molar refractivity (Wildman–Crippen MR) is 338 cm³/mol. The van der Waals surface area contributed by atoms with E-state index in [-0.39, 0.29) is 0 Å². The minimum Gasteiger partial charge on any atom is -0.134 e. The molecular weight excluding hydrogens is 969 g/mol. The second-order valence-corrected chi connectivity index (χ2v) is 25.8. The molecule has 0 amide bonds. The van der Waals surface area contributed by atoms with E-state index >= 15 is 0 Å². The van der Waals surface area contributed by atoms with Gasteiger partial charge in [0.1, 0.15) is 0 Å². The van der Waals surface area contributed by atoms with E-state index in [1.807, 2.05) is 57.5 Å². The molecule has 9 rings (SSSR count). The average molecular weight is 1050 g/mol. The standard InChI is InChI=1S/C70H84S4/c1-5-9-11-13-15-17-19-21-23-25-27-29-35-55-49-61(53-45-41-51(33-7-3)42-46-53)73-67(55)69-65-57-37-31-40-60-64(57)66(58-38-32-39-59(71-69)63(58)65)70(72-60)68-56(36-30-28-26-24-22-20-18-16-14-12-10-6-2)50-62(74-68)54-47-43-52(34-8-4)44-48-54/h7-8,31-32,37-50H,3-6,9-30,33-36H2,1-2H3. The van der Waals surface area contributed by atoms with E-state index in [0.717, 1.165) is 25.7 Å². The highest BCUT2D eigenvalue weighted by Gasteiger charge is 2.27. The van der Waals surface area contributed by atoms with Crippen LogP contribution in [0.15, 0.2) is 122 Å². The van der Waals surface area contributed by atoms with Crippen LogP contribution < -0.4 is 0 Å². The van der Waals surface area contributed by atoms with Crippen molar-refractivity contribution in [3.63, 3.8) is 0 Å². The maximum absolute atomic E-state index is 4.00. The van der Waals surface area contributed by atoms with Gasteiger partial charge >= 0.3 is 0 Å². The van der Waals surface area contributed by atoms with Crippen molar-refractivity contribution in [2.45, 2.75) is 194 Å². The molecule has 0 N–H and O–H groups in total. The number of hydrogen-bond acceptors (Lipinski definition) is 4. The summed E-state index contributed by atoms with van der Waals surface area (Å²) in [6, 6.07) is 38.1. The van der Waals surface area contributed by atoms with Crippen LogP contribution in [-0.2, 0) is 25.7 Å². The number of allylic oxidation sites excluding steroid dienone is 2. The van der Waals surface area contributed by atoms with E-state index in [1.54, 1.807) is 0 Å². The second kappa shape index (κ2) is 28.2. The minimum absolute atomic E-state index is 0.907. The SMILES string of the molecule is C=CCc1ccc(-c2cc(CCCCCCCCCCCCCC)c(-c3sc4cccc5c6c(-c7sc(-c8ccc(CC=C)cc8)cc7CCCCCCCCCCCCCC)sc7cccc(c3c45)c76)s2)cc1. The van der Waals surface area contributed by atoms with Gasteiger partial charge in [0.05, 0.1) is 9.75 Å². The maximum Gasteiger partial charge on any atom is 0.0537 e. The van der Waals surface area contributed by atoms with E-state index in [1.165, 1.54) is 258 Å². The summed E-state index contributed by atoms with van der Waals surface area (Å²) in [6.07, 6.45) is 41.2. The van der Waals surface area contributed by atoms with Crippen LogP contribution in [0.4, 0.5) is 0 Å². The molecule has 9 aromatic rings. The first-order valence-corrected chi connectivity index (χ1v) is 32.6. The third kappa shape index (κ3) is 13.4. The van der Waals surface area contributed by atoms with Crippen LogP contribution >= 0.6 is 45.3 Å². The zero-order chi connectivity index (χ0) is 50.9. The topological polar surface area (TPSA) is 0 Å². The molecule has 0 radical (unpaired) electrons. The zero-order valence-corrected chi connectivity index (χ0v) is 48.5. The summed E-state index contributed by atoms with van der Waals surface area (Å²) in [5.74, 6) is 0. The average Bonchev–Trinajstić information content (AvgIpc) is 4.26. The summed E-state index contributed by atoms with van der Waals surface area (Å²) in [4.78, 5) is 8.70. The molecule has 0 spiro atoms. The Morgan fingerprint density at radius 1 is 0.351 bits per heavy atom. The maximum atomic E-state index is 4.00. The molecule has 0 saturated carbocycles. The van der Waals surface area contributed by atoms with Gasteiger partial charge in [-0.05, 0) is 107 Å². The van der Waals surface area contributed by atoms with Gasteiger partial charge in [-0.1, -0.05) is 240 Å². The van der Waals surface area contributed by atoms with Crippen molar-refractivity contribution < 1.29 is 0 Å². The Bertz CT molecular complexity index is 2910. The number of unbranched alkanes of at least 4 members (excludes halogenated alkanes) is 22. The molecule has 0 unspecified atom stereocenters. The number of benzene rings is 5. The fourth-order valence-corrected chi connectivity index (χ4v) is 17.0. The van der Waals surface area contributed by atoms with Crippen LogP contribution in [0.3, 0.4) is 0 Å². The third-order valence-electron chi connectivity index (χ3n) is 15.8. The van der Waals surface area contributed by atoms with E-state index in [2.05, 4.69) is 124 Å². The van der Waals surface area contributed by atoms with Gasteiger partial charge in [-0.2, -0.15) is 0 Å². The fraction of sp³-hybridized carbons (Fsp3) is 0.429. The molecule has 0 fully saturated rings. The lowest BCUT2D eigenvalue weighted by Crippen LogP contribution is -1.88. The van der Waals surface area contributed by atoms with Crippen LogP contribution in [0.25, 0.3) is 82.1 Å². The molecule has 4 heterocycles. The van der Waals surface area contributed by atoms with Gasteiger partial charge in [-0.15, -0.1) is 58.5 Å². The van der Waals surface area contributed by atoms with Crippen molar-refractivity contribution in [3.05, 3.63) is 145 Å². The van der Waals surface area contributed by atoms with E-state index in [4.69, 9.17) is 0 Å². The van der Waals surface area contributed by atoms with Gasteiger partial charge in [-0.3, -0.25) is 0 Å². The molecule has 5 aromatic carbocycles. The third-order valence-corrected chi connectivity index (χ3v) is 20.9. The van der Waals surface area contributed by atoms with Gasteiger partial charge in [0.2, 0.25) is 0 Å². The van der Waals surface area contributed by atoms with Crippen molar-refractivity contribution in [1.29, 1.82) is 0 Å². The predicted octanol–water partition coefficient (Wildman–Crippen LogP) is 24.6. The Balaban J connectivity index is 1.03. The van der Waals surface area contributed by atoms with Crippen LogP contribution in [0, 0.1) is 0 Å². The Kier molecular flexibility index (Phi) is 20.7. The van der Waals surface area contributed by atoms with Crippen LogP contribution in [0.1, 0.15) is 190 Å². The second-order valence-electron chi connectivity index (χ2n) is 21.6. The monoisotopic (exact) mass is 1050 g/mol. The Morgan fingerprint density at radius 3 is 1.03 bits per heavy atom. The first kappa shape index (κ1) is 54.5. The van der Waals surface area contributed by atoms with Crippen molar-refractivity contribution >= 4 is 87.1 Å². The molecule has 0 bridgehead atoms. The van der Waals surface area contributed by atoms with Gasteiger partial charge < -0.3 is 0 Å². The molecule has 388 valence electrons. The van der Waals surface area contributed by atoms with Gasteiger partial charge in [0.25, 0.3) is 0 Å². The van der Waals surface area contributed by atoms with Crippen LogP contribution in [0.2, 0.25) is 0 Å². The highest BCUT2D eigenvalue weighted by atomic mass is 32.1. The van der Waals surface area contributed by atoms with Crippen molar-refractivity contribution in [1.82, 2.24) is 0 Å². The van der Waals surface area contributed by atoms with Crippen molar-refractivity contribution in [2.24, 2.45) is 0 Å². The zero-order valence-electron chi connectivity index (χ0n) is 45.2. The molecule has 0 atom stereocenters. The lowest BCUT2D eigenvalue weighted by atomic mass is 9.93. The molecule has 0 aliphatic carbocycles. The lowest BCUT2D eigenvalue weighted by Gasteiger charge is -2.10. The highest BCUT2D eigenvalue weighted by Crippen LogP contribution is 2.56. The van der Waals surface area contributed by atoms with Gasteiger partial charge in [-0.25, -0.2) is 0 Å². The smallest absolute Gasteiger partial charge is 0.0537 e. The molecule has 74 heavy (non-hydrogen) atoms. The van der Waals surface area contributed by atoms with Crippen molar-refractivity contribution in [2.75, 3.05) is 0 Å². The minimum atomic E-state index is 0.907. The summed E-state index contributed by atoms with van der Waals surface area (Å²) in [7, 11) is 0. The van der Waals surface area contributed by atoms with E-state index in [0.29, 0.717) is 0 Å². The normalized spacial score (nSPS) is 11.9. The molecular formula is C70H84S4. The lowest BCUT2D eigenvalue weighted by molar-refractivity contribution is 0.544. The molecule has 0 saturated heterocycles. The van der Waals surface area contributed by atoms with Crippen molar-refractivity contribution in [3.8, 4) is 40.4 Å². The fourth-order valence-electron chi connectivity index (χ4n) is 11.7. The Labute approximate surface area is 462 Å². The number of rotatable bonds is 34. The highest BCUT2D eigenvalue weighted by molar-refractivity contribution is 7.29. The summed E-state index contributed by atoms with van der Waals surface area (Å²) in [5.41, 5.74) is 8.37. The summed E-state index contributed by atoms with van der Waals surface area (Å²) in [5, 5.41) is 8.72.